The maximum Gasteiger partial charge on any atom is 0.329 e. The van der Waals surface area contributed by atoms with E-state index in [1.807, 2.05) is 12.2 Å². The van der Waals surface area contributed by atoms with E-state index in [0.717, 1.165) is 38.5 Å². The van der Waals surface area contributed by atoms with Crippen LogP contribution in [0.1, 0.15) is 87.9 Å². The molecule has 9 nitrogen and oxygen atoms in total. The van der Waals surface area contributed by atoms with Gasteiger partial charge in [-0.2, -0.15) is 0 Å². The van der Waals surface area contributed by atoms with Gasteiger partial charge in [-0.25, -0.2) is 4.79 Å². The SMILES string of the molecule is CCC=CCC=CCC=CCC=CCC=CCC=CCCC(=O)NCCCCC(NC(=O)c1ccccc1O)C(=O)OC(CO)CO. The van der Waals surface area contributed by atoms with Crippen molar-refractivity contribution in [1.82, 2.24) is 10.6 Å². The van der Waals surface area contributed by atoms with Gasteiger partial charge in [-0.15, -0.1) is 0 Å². The molecule has 0 aliphatic heterocycles. The van der Waals surface area contributed by atoms with Gasteiger partial charge in [0, 0.05) is 13.0 Å². The van der Waals surface area contributed by atoms with Crippen LogP contribution in [0.2, 0.25) is 0 Å². The highest BCUT2D eigenvalue weighted by Gasteiger charge is 2.26. The van der Waals surface area contributed by atoms with Crippen LogP contribution in [0.5, 0.6) is 5.75 Å². The monoisotopic (exact) mass is 650 g/mol. The maximum absolute atomic E-state index is 12.6. The van der Waals surface area contributed by atoms with Gasteiger partial charge >= 0.3 is 5.97 Å². The Morgan fingerprint density at radius 3 is 1.83 bits per heavy atom. The molecule has 0 aliphatic rings. The van der Waals surface area contributed by atoms with Crippen molar-refractivity contribution >= 4 is 17.8 Å². The molecule has 1 aromatic carbocycles. The van der Waals surface area contributed by atoms with Crippen LogP contribution in [0.3, 0.4) is 0 Å². The Morgan fingerprint density at radius 2 is 1.30 bits per heavy atom. The molecule has 0 spiro atoms. The Labute approximate surface area is 280 Å². The number of unbranched alkanes of at least 4 members (excludes halogenated alkanes) is 1. The van der Waals surface area contributed by atoms with Crippen molar-refractivity contribution in [3.63, 3.8) is 0 Å². The van der Waals surface area contributed by atoms with E-state index in [1.54, 1.807) is 12.1 Å². The average molecular weight is 651 g/mol. The summed E-state index contributed by atoms with van der Waals surface area (Å²) in [6, 6.07) is 4.88. The van der Waals surface area contributed by atoms with Crippen molar-refractivity contribution < 1.29 is 34.4 Å². The van der Waals surface area contributed by atoms with Crippen molar-refractivity contribution in [2.75, 3.05) is 19.8 Å². The van der Waals surface area contributed by atoms with Crippen LogP contribution >= 0.6 is 0 Å². The van der Waals surface area contributed by atoms with Crippen molar-refractivity contribution in [3.05, 3.63) is 103 Å². The highest BCUT2D eigenvalue weighted by atomic mass is 16.6. The zero-order valence-corrected chi connectivity index (χ0v) is 27.8. The number of para-hydroxylation sites is 1. The molecule has 5 N–H and O–H groups in total. The summed E-state index contributed by atoms with van der Waals surface area (Å²) >= 11 is 0. The molecule has 0 saturated carbocycles. The molecule has 1 aromatic rings. The largest absolute Gasteiger partial charge is 0.507 e. The molecule has 2 amide bonds. The summed E-state index contributed by atoms with van der Waals surface area (Å²) in [5.74, 6) is -1.76. The number of allylic oxidation sites excluding steroid dienone is 12. The van der Waals surface area contributed by atoms with E-state index in [2.05, 4.69) is 78.3 Å². The lowest BCUT2D eigenvalue weighted by Gasteiger charge is -2.21. The number of phenolic OH excluding ortho intramolecular Hbond substituents is 1. The van der Waals surface area contributed by atoms with Crippen LogP contribution in [0.25, 0.3) is 0 Å². The molecule has 9 heteroatoms. The number of aromatic hydroxyl groups is 1. The van der Waals surface area contributed by atoms with E-state index >= 15 is 0 Å². The third-order valence-electron chi connectivity index (χ3n) is 6.80. The number of nitrogens with one attached hydrogen (secondary N) is 2. The molecule has 0 saturated heterocycles. The molecule has 0 aliphatic carbocycles. The Morgan fingerprint density at radius 1 is 0.766 bits per heavy atom. The van der Waals surface area contributed by atoms with Crippen LogP contribution < -0.4 is 10.6 Å². The summed E-state index contributed by atoms with van der Waals surface area (Å²) in [5, 5.41) is 33.9. The first-order valence-electron chi connectivity index (χ1n) is 16.6. The Balaban J connectivity index is 2.25. The molecule has 0 aromatic heterocycles. The van der Waals surface area contributed by atoms with Crippen molar-refractivity contribution in [3.8, 4) is 5.75 Å². The number of hydrogen-bond acceptors (Lipinski definition) is 7. The van der Waals surface area contributed by atoms with Gasteiger partial charge in [-0.05, 0) is 76.3 Å². The van der Waals surface area contributed by atoms with Gasteiger partial charge in [-0.1, -0.05) is 92.0 Å². The van der Waals surface area contributed by atoms with Crippen LogP contribution in [0.4, 0.5) is 0 Å². The van der Waals surface area contributed by atoms with Crippen molar-refractivity contribution in [2.45, 2.75) is 89.7 Å². The predicted octanol–water partition coefficient (Wildman–Crippen LogP) is 6.15. The fourth-order valence-corrected chi connectivity index (χ4v) is 4.17. The van der Waals surface area contributed by atoms with E-state index in [4.69, 9.17) is 4.74 Å². The van der Waals surface area contributed by atoms with Gasteiger partial charge in [0.2, 0.25) is 5.91 Å². The molecule has 0 heterocycles. The average Bonchev–Trinajstić information content (AvgIpc) is 3.07. The molecule has 47 heavy (non-hydrogen) atoms. The normalized spacial score (nSPS) is 12.9. The fourth-order valence-electron chi connectivity index (χ4n) is 4.17. The first kappa shape index (κ1) is 40.8. The number of esters is 1. The van der Waals surface area contributed by atoms with Gasteiger partial charge < -0.3 is 30.7 Å². The number of amides is 2. The summed E-state index contributed by atoms with van der Waals surface area (Å²) in [5.41, 5.74) is 0.00494. The summed E-state index contributed by atoms with van der Waals surface area (Å²) in [6.45, 7) is 1.42. The minimum Gasteiger partial charge on any atom is -0.507 e. The molecule has 1 unspecified atom stereocenters. The van der Waals surface area contributed by atoms with Gasteiger partial charge in [0.25, 0.3) is 5.91 Å². The van der Waals surface area contributed by atoms with E-state index in [-0.39, 0.29) is 23.6 Å². The molecular weight excluding hydrogens is 596 g/mol. The van der Waals surface area contributed by atoms with Gasteiger partial charge in [0.05, 0.1) is 18.8 Å². The van der Waals surface area contributed by atoms with E-state index in [9.17, 15) is 29.7 Å². The summed E-state index contributed by atoms with van der Waals surface area (Å²) in [7, 11) is 0. The third kappa shape index (κ3) is 21.3. The molecule has 0 fully saturated rings. The summed E-state index contributed by atoms with van der Waals surface area (Å²) < 4.78 is 5.10. The van der Waals surface area contributed by atoms with Crippen LogP contribution in [-0.4, -0.2) is 65.0 Å². The first-order chi connectivity index (χ1) is 22.9. The van der Waals surface area contributed by atoms with Gasteiger partial charge in [-0.3, -0.25) is 9.59 Å². The summed E-state index contributed by atoms with van der Waals surface area (Å²) in [4.78, 5) is 37.4. The first-order valence-corrected chi connectivity index (χ1v) is 16.6. The number of ether oxygens (including phenoxy) is 1. The molecule has 258 valence electrons. The number of benzene rings is 1. The minimum absolute atomic E-state index is 0.00494. The zero-order chi connectivity index (χ0) is 34.4. The molecular formula is C38H54N2O7. The topological polar surface area (TPSA) is 145 Å². The number of aliphatic hydroxyl groups is 2. The highest BCUT2D eigenvalue weighted by Crippen LogP contribution is 2.16. The Bertz CT molecular complexity index is 1200. The molecule has 0 bridgehead atoms. The lowest BCUT2D eigenvalue weighted by Crippen LogP contribution is -2.44. The van der Waals surface area contributed by atoms with Crippen molar-refractivity contribution in [2.24, 2.45) is 0 Å². The molecule has 1 rings (SSSR count). The maximum atomic E-state index is 12.6. The van der Waals surface area contributed by atoms with Gasteiger partial charge in [0.1, 0.15) is 17.9 Å². The predicted molar refractivity (Wildman–Crippen MR) is 188 cm³/mol. The molecule has 0 radical (unpaired) electrons. The number of rotatable bonds is 25. The second-order valence-electron chi connectivity index (χ2n) is 10.8. The quantitative estimate of drug-likeness (QED) is 0.0485. The number of phenols is 1. The Kier molecular flexibility index (Phi) is 24.4. The number of aliphatic hydroxyl groups excluding tert-OH is 2. The highest BCUT2D eigenvalue weighted by molar-refractivity contribution is 5.98. The lowest BCUT2D eigenvalue weighted by molar-refractivity contribution is -0.156. The summed E-state index contributed by atoms with van der Waals surface area (Å²) in [6.07, 6.45) is 32.5. The van der Waals surface area contributed by atoms with Gasteiger partial charge in [0.15, 0.2) is 0 Å². The number of carbonyl (C=O) groups excluding carboxylic acids is 3. The smallest absolute Gasteiger partial charge is 0.329 e. The van der Waals surface area contributed by atoms with Crippen LogP contribution in [-0.2, 0) is 14.3 Å². The standard InChI is InChI=1S/C38H54N2O7/c1-2-3-4-5-6-7-8-9-10-11-12-13-14-15-16-17-18-19-20-28-36(44)39-29-24-23-26-34(38(46)47-32(30-41)31-42)40-37(45)33-25-21-22-27-35(33)43/h3-4,6-7,9-10,12-13,15-16,18-19,21-22,25,27,32,34,41-43H,2,5,8,11,14,17,20,23-24,26,28-31H2,1H3,(H,39,44)(H,40,45). The second-order valence-corrected chi connectivity index (χ2v) is 10.8. The lowest BCUT2D eigenvalue weighted by atomic mass is 10.1. The third-order valence-corrected chi connectivity index (χ3v) is 6.80. The minimum atomic E-state index is -1.10. The Hall–Kier alpha value is -4.21. The molecule has 1 atom stereocenters. The van der Waals surface area contributed by atoms with Crippen LogP contribution in [0, 0.1) is 0 Å². The van der Waals surface area contributed by atoms with E-state index in [1.165, 1.54) is 12.1 Å². The van der Waals surface area contributed by atoms with E-state index < -0.39 is 37.2 Å². The second kappa shape index (κ2) is 28.0. The van der Waals surface area contributed by atoms with Crippen LogP contribution in [0.15, 0.2) is 97.2 Å². The number of carbonyl (C=O) groups is 3. The number of hydrogen-bond donors (Lipinski definition) is 5. The fraction of sp³-hybridized carbons (Fsp3) is 0.447. The zero-order valence-electron chi connectivity index (χ0n) is 27.8. The van der Waals surface area contributed by atoms with E-state index in [0.29, 0.717) is 32.2 Å². The van der Waals surface area contributed by atoms with Crippen molar-refractivity contribution in [1.29, 1.82) is 0 Å².